The predicted octanol–water partition coefficient (Wildman–Crippen LogP) is 3.35. The van der Waals surface area contributed by atoms with Crippen molar-refractivity contribution in [1.29, 1.82) is 0 Å². The Hall–Kier alpha value is -1.51. The third kappa shape index (κ3) is 3.14. The van der Waals surface area contributed by atoms with E-state index in [4.69, 9.17) is 0 Å². The Balaban J connectivity index is 1.53. The molecular formula is C17H24N2O. The first-order valence-corrected chi connectivity index (χ1v) is 7.98. The van der Waals surface area contributed by atoms with Gasteiger partial charge in [-0.25, -0.2) is 0 Å². The second-order valence-corrected chi connectivity index (χ2v) is 6.10. The quantitative estimate of drug-likeness (QED) is 0.882. The van der Waals surface area contributed by atoms with Crippen molar-refractivity contribution >= 4 is 11.6 Å². The Morgan fingerprint density at radius 3 is 2.95 bits per heavy atom. The molecule has 108 valence electrons. The summed E-state index contributed by atoms with van der Waals surface area (Å²) in [5.41, 5.74) is 3.28. The van der Waals surface area contributed by atoms with E-state index in [0.717, 1.165) is 43.8 Å². The van der Waals surface area contributed by atoms with Crippen LogP contribution in [0.3, 0.4) is 0 Å². The summed E-state index contributed by atoms with van der Waals surface area (Å²) in [6.07, 6.45) is 8.80. The Morgan fingerprint density at radius 1 is 1.25 bits per heavy atom. The van der Waals surface area contributed by atoms with E-state index in [-0.39, 0.29) is 5.91 Å². The zero-order chi connectivity index (χ0) is 13.8. The van der Waals surface area contributed by atoms with E-state index in [1.165, 1.54) is 36.9 Å². The molecule has 20 heavy (non-hydrogen) atoms. The molecule has 2 aliphatic rings. The molecule has 0 unspecified atom stereocenters. The molecule has 0 bridgehead atoms. The lowest BCUT2D eigenvalue weighted by molar-refractivity contribution is 0.0951. The van der Waals surface area contributed by atoms with Crippen molar-refractivity contribution in [3.8, 4) is 0 Å². The number of hydrogen-bond donors (Lipinski definition) is 2. The van der Waals surface area contributed by atoms with Crippen molar-refractivity contribution in [2.45, 2.75) is 44.9 Å². The number of amides is 1. The number of benzene rings is 1. The van der Waals surface area contributed by atoms with E-state index in [1.807, 2.05) is 18.2 Å². The van der Waals surface area contributed by atoms with Crippen LogP contribution < -0.4 is 10.6 Å². The fourth-order valence-electron chi connectivity index (χ4n) is 3.41. The van der Waals surface area contributed by atoms with Crippen molar-refractivity contribution in [3.63, 3.8) is 0 Å². The standard InChI is InChI=1S/C17H24N2O/c20-17(19-11-9-13-4-1-2-5-13)15-7-8-16-14(12-15)6-3-10-18-16/h7-8,12-13,18H,1-6,9-11H2,(H,19,20). The number of rotatable bonds is 4. The maximum atomic E-state index is 12.2. The van der Waals surface area contributed by atoms with Gasteiger partial charge in [-0.05, 0) is 48.9 Å². The van der Waals surface area contributed by atoms with Gasteiger partial charge in [0.1, 0.15) is 0 Å². The minimum Gasteiger partial charge on any atom is -0.385 e. The first-order chi connectivity index (χ1) is 9.83. The van der Waals surface area contributed by atoms with E-state index in [0.29, 0.717) is 0 Å². The van der Waals surface area contributed by atoms with Gasteiger partial charge in [-0.2, -0.15) is 0 Å². The largest absolute Gasteiger partial charge is 0.385 e. The molecule has 1 heterocycles. The summed E-state index contributed by atoms with van der Waals surface area (Å²) in [6.45, 7) is 1.86. The van der Waals surface area contributed by atoms with E-state index in [2.05, 4.69) is 10.6 Å². The lowest BCUT2D eigenvalue weighted by Crippen LogP contribution is -2.26. The van der Waals surface area contributed by atoms with Gasteiger partial charge in [-0.1, -0.05) is 25.7 Å². The van der Waals surface area contributed by atoms with E-state index >= 15 is 0 Å². The summed E-state index contributed by atoms with van der Waals surface area (Å²) in [7, 11) is 0. The van der Waals surface area contributed by atoms with Crippen LogP contribution in [-0.2, 0) is 6.42 Å². The van der Waals surface area contributed by atoms with Crippen LogP contribution in [-0.4, -0.2) is 19.0 Å². The monoisotopic (exact) mass is 272 g/mol. The lowest BCUT2D eigenvalue weighted by atomic mass is 10.0. The second-order valence-electron chi connectivity index (χ2n) is 6.10. The van der Waals surface area contributed by atoms with E-state index in [1.54, 1.807) is 0 Å². The van der Waals surface area contributed by atoms with Gasteiger partial charge in [0.05, 0.1) is 0 Å². The number of fused-ring (bicyclic) bond motifs is 1. The summed E-state index contributed by atoms with van der Waals surface area (Å²) in [5, 5.41) is 6.45. The molecule has 0 spiro atoms. The van der Waals surface area contributed by atoms with Gasteiger partial charge in [0.25, 0.3) is 5.91 Å². The first kappa shape index (κ1) is 13.5. The predicted molar refractivity (Wildman–Crippen MR) is 82.2 cm³/mol. The molecule has 1 aliphatic carbocycles. The summed E-state index contributed by atoms with van der Waals surface area (Å²) in [4.78, 5) is 12.2. The van der Waals surface area contributed by atoms with Gasteiger partial charge in [0.15, 0.2) is 0 Å². The van der Waals surface area contributed by atoms with Crippen LogP contribution in [0, 0.1) is 5.92 Å². The van der Waals surface area contributed by atoms with Crippen LogP contribution in [0.4, 0.5) is 5.69 Å². The van der Waals surface area contributed by atoms with Crippen LogP contribution in [0.5, 0.6) is 0 Å². The highest BCUT2D eigenvalue weighted by Crippen LogP contribution is 2.27. The minimum absolute atomic E-state index is 0.0800. The van der Waals surface area contributed by atoms with Crippen LogP contribution in [0.2, 0.25) is 0 Å². The Morgan fingerprint density at radius 2 is 2.10 bits per heavy atom. The zero-order valence-electron chi connectivity index (χ0n) is 12.1. The average molecular weight is 272 g/mol. The van der Waals surface area contributed by atoms with Crippen molar-refractivity contribution in [2.75, 3.05) is 18.4 Å². The van der Waals surface area contributed by atoms with Crippen LogP contribution in [0.15, 0.2) is 18.2 Å². The Kier molecular flexibility index (Phi) is 4.24. The molecule has 0 atom stereocenters. The summed E-state index contributed by atoms with van der Waals surface area (Å²) < 4.78 is 0. The molecule has 1 aliphatic heterocycles. The van der Waals surface area contributed by atoms with Gasteiger partial charge in [-0.15, -0.1) is 0 Å². The number of nitrogens with one attached hydrogen (secondary N) is 2. The number of hydrogen-bond acceptors (Lipinski definition) is 2. The third-order valence-corrected chi connectivity index (χ3v) is 4.62. The Labute approximate surface area is 121 Å². The smallest absolute Gasteiger partial charge is 0.251 e. The molecule has 3 nitrogen and oxygen atoms in total. The highest BCUT2D eigenvalue weighted by molar-refractivity contribution is 5.94. The zero-order valence-corrected chi connectivity index (χ0v) is 12.1. The Bertz CT molecular complexity index is 478. The first-order valence-electron chi connectivity index (χ1n) is 7.98. The van der Waals surface area contributed by atoms with Crippen molar-refractivity contribution in [3.05, 3.63) is 29.3 Å². The number of carbonyl (C=O) groups is 1. The van der Waals surface area contributed by atoms with Crippen molar-refractivity contribution in [2.24, 2.45) is 5.92 Å². The fraction of sp³-hybridized carbons (Fsp3) is 0.588. The maximum absolute atomic E-state index is 12.2. The molecule has 2 N–H and O–H groups in total. The molecule has 1 fully saturated rings. The fourth-order valence-corrected chi connectivity index (χ4v) is 3.41. The van der Waals surface area contributed by atoms with Crippen molar-refractivity contribution < 1.29 is 4.79 Å². The molecule has 0 aromatic heterocycles. The molecule has 1 aromatic carbocycles. The normalized spacial score (nSPS) is 18.4. The molecule has 1 saturated carbocycles. The summed E-state index contributed by atoms with van der Waals surface area (Å²) in [6, 6.07) is 6.02. The molecule has 1 aromatic rings. The third-order valence-electron chi connectivity index (χ3n) is 4.62. The van der Waals surface area contributed by atoms with Gasteiger partial charge >= 0.3 is 0 Å². The van der Waals surface area contributed by atoms with Gasteiger partial charge < -0.3 is 10.6 Å². The summed E-state index contributed by atoms with van der Waals surface area (Å²) in [5.74, 6) is 0.916. The maximum Gasteiger partial charge on any atom is 0.251 e. The number of aryl methyl sites for hydroxylation is 1. The second kappa shape index (κ2) is 6.29. The highest BCUT2D eigenvalue weighted by atomic mass is 16.1. The molecule has 0 radical (unpaired) electrons. The van der Waals surface area contributed by atoms with Crippen LogP contribution >= 0.6 is 0 Å². The van der Waals surface area contributed by atoms with E-state index in [9.17, 15) is 4.79 Å². The summed E-state index contributed by atoms with van der Waals surface area (Å²) >= 11 is 0. The number of carbonyl (C=O) groups excluding carboxylic acids is 1. The topological polar surface area (TPSA) is 41.1 Å². The SMILES string of the molecule is O=C(NCCC1CCCC1)c1ccc2c(c1)CCCN2. The molecule has 3 heteroatoms. The molecule has 3 rings (SSSR count). The number of anilines is 1. The molecule has 1 amide bonds. The van der Waals surface area contributed by atoms with Crippen molar-refractivity contribution in [1.82, 2.24) is 5.32 Å². The highest BCUT2D eigenvalue weighted by Gasteiger charge is 2.16. The molecular weight excluding hydrogens is 248 g/mol. The van der Waals surface area contributed by atoms with Gasteiger partial charge in [-0.3, -0.25) is 4.79 Å². The lowest BCUT2D eigenvalue weighted by Gasteiger charge is -2.18. The van der Waals surface area contributed by atoms with Gasteiger partial charge in [0.2, 0.25) is 0 Å². The molecule has 0 saturated heterocycles. The van der Waals surface area contributed by atoms with E-state index < -0.39 is 0 Å². The van der Waals surface area contributed by atoms with Gasteiger partial charge in [0, 0.05) is 24.3 Å². The minimum atomic E-state index is 0.0800. The van der Waals surface area contributed by atoms with Crippen LogP contribution in [0.25, 0.3) is 0 Å². The van der Waals surface area contributed by atoms with Crippen LogP contribution in [0.1, 0.15) is 54.4 Å². The average Bonchev–Trinajstić information content (AvgIpc) is 3.00.